The lowest BCUT2D eigenvalue weighted by Crippen LogP contribution is -2.26. The van der Waals surface area contributed by atoms with Gasteiger partial charge in [-0.05, 0) is 29.9 Å². The number of benzene rings is 1. The average molecular weight is 207 g/mol. The number of hydrogen-bond acceptors (Lipinski definition) is 2. The van der Waals surface area contributed by atoms with E-state index in [4.69, 9.17) is 10.8 Å². The second-order valence-electron chi connectivity index (χ2n) is 4.20. The molecule has 1 aromatic carbocycles. The van der Waals surface area contributed by atoms with Crippen molar-refractivity contribution in [3.63, 3.8) is 0 Å². The number of rotatable bonds is 5. The maximum atomic E-state index is 8.85. The van der Waals surface area contributed by atoms with Crippen molar-refractivity contribution in [3.05, 3.63) is 35.4 Å². The molecule has 0 bridgehead atoms. The topological polar surface area (TPSA) is 46.2 Å². The van der Waals surface area contributed by atoms with Gasteiger partial charge < -0.3 is 10.8 Å². The molecule has 0 saturated carbocycles. The van der Waals surface area contributed by atoms with Gasteiger partial charge >= 0.3 is 0 Å². The Morgan fingerprint density at radius 2 is 1.87 bits per heavy atom. The third-order valence-corrected chi connectivity index (χ3v) is 2.89. The predicted octanol–water partition coefficient (Wildman–Crippen LogP) is 2.06. The van der Waals surface area contributed by atoms with Gasteiger partial charge in [0, 0.05) is 6.04 Å². The molecule has 1 aromatic rings. The second-order valence-corrected chi connectivity index (χ2v) is 4.20. The quantitative estimate of drug-likeness (QED) is 0.776. The summed E-state index contributed by atoms with van der Waals surface area (Å²) in [5.74, 6) is 0.616. The molecule has 84 valence electrons. The van der Waals surface area contributed by atoms with Crippen LogP contribution in [-0.2, 0) is 6.42 Å². The van der Waals surface area contributed by atoms with Crippen LogP contribution in [0.4, 0.5) is 0 Å². The molecule has 0 spiro atoms. The maximum absolute atomic E-state index is 8.85. The minimum Gasteiger partial charge on any atom is -0.395 e. The van der Waals surface area contributed by atoms with Crippen LogP contribution in [0.25, 0.3) is 0 Å². The average Bonchev–Trinajstić information content (AvgIpc) is 2.29. The molecule has 0 fully saturated rings. The van der Waals surface area contributed by atoms with Crippen molar-refractivity contribution < 1.29 is 5.11 Å². The van der Waals surface area contributed by atoms with E-state index in [2.05, 4.69) is 38.1 Å². The largest absolute Gasteiger partial charge is 0.395 e. The summed E-state index contributed by atoms with van der Waals surface area (Å²) >= 11 is 0. The molecular formula is C13H21NO. The zero-order valence-corrected chi connectivity index (χ0v) is 9.61. The van der Waals surface area contributed by atoms with Crippen molar-refractivity contribution in [2.75, 3.05) is 6.61 Å². The minimum atomic E-state index is -0.139. The fraction of sp³-hybridized carbons (Fsp3) is 0.538. The highest BCUT2D eigenvalue weighted by molar-refractivity contribution is 5.25. The molecule has 2 atom stereocenters. The first kappa shape index (κ1) is 12.2. The Labute approximate surface area is 92.1 Å². The van der Waals surface area contributed by atoms with Gasteiger partial charge in [-0.25, -0.2) is 0 Å². The molecule has 0 aliphatic carbocycles. The van der Waals surface area contributed by atoms with Crippen LogP contribution in [0.2, 0.25) is 0 Å². The maximum Gasteiger partial charge on any atom is 0.0585 e. The zero-order valence-electron chi connectivity index (χ0n) is 9.61. The van der Waals surface area contributed by atoms with Crippen molar-refractivity contribution in [2.24, 2.45) is 5.73 Å². The van der Waals surface area contributed by atoms with Crippen LogP contribution >= 0.6 is 0 Å². The molecular weight excluding hydrogens is 186 g/mol. The summed E-state index contributed by atoms with van der Waals surface area (Å²) in [4.78, 5) is 0. The SMILES string of the molecule is CCC(C)c1ccc(CC(N)CO)cc1. The van der Waals surface area contributed by atoms with E-state index in [9.17, 15) is 0 Å². The highest BCUT2D eigenvalue weighted by atomic mass is 16.3. The monoisotopic (exact) mass is 207 g/mol. The van der Waals surface area contributed by atoms with E-state index in [0.717, 1.165) is 12.8 Å². The standard InChI is InChI=1S/C13H21NO/c1-3-10(2)12-6-4-11(5-7-12)8-13(14)9-15/h4-7,10,13,15H,3,8-9,14H2,1-2H3. The lowest BCUT2D eigenvalue weighted by molar-refractivity contribution is 0.265. The second kappa shape index (κ2) is 5.89. The molecule has 0 heterocycles. The minimum absolute atomic E-state index is 0.0487. The first-order chi connectivity index (χ1) is 7.17. The first-order valence-corrected chi connectivity index (χ1v) is 5.62. The van der Waals surface area contributed by atoms with Gasteiger partial charge in [-0.1, -0.05) is 38.1 Å². The van der Waals surface area contributed by atoms with E-state index >= 15 is 0 Å². The summed E-state index contributed by atoms with van der Waals surface area (Å²) in [6.07, 6.45) is 1.91. The summed E-state index contributed by atoms with van der Waals surface area (Å²) in [6, 6.07) is 8.40. The molecule has 0 radical (unpaired) electrons. The van der Waals surface area contributed by atoms with Crippen molar-refractivity contribution >= 4 is 0 Å². The Hall–Kier alpha value is -0.860. The molecule has 3 N–H and O–H groups in total. The highest BCUT2D eigenvalue weighted by Gasteiger charge is 2.04. The molecule has 1 rings (SSSR count). The predicted molar refractivity (Wildman–Crippen MR) is 63.9 cm³/mol. The number of aliphatic hydroxyl groups is 1. The van der Waals surface area contributed by atoms with Gasteiger partial charge in [0.15, 0.2) is 0 Å². The molecule has 0 amide bonds. The van der Waals surface area contributed by atoms with E-state index in [1.807, 2.05) is 0 Å². The first-order valence-electron chi connectivity index (χ1n) is 5.62. The van der Waals surface area contributed by atoms with E-state index < -0.39 is 0 Å². The molecule has 2 nitrogen and oxygen atoms in total. The van der Waals surface area contributed by atoms with Gasteiger partial charge in [0.25, 0.3) is 0 Å². The van der Waals surface area contributed by atoms with Gasteiger partial charge in [-0.3, -0.25) is 0 Å². The van der Waals surface area contributed by atoms with Gasteiger partial charge in [-0.15, -0.1) is 0 Å². The van der Waals surface area contributed by atoms with Crippen molar-refractivity contribution in [1.29, 1.82) is 0 Å². The van der Waals surface area contributed by atoms with Crippen LogP contribution in [-0.4, -0.2) is 17.8 Å². The molecule has 0 aliphatic rings. The van der Waals surface area contributed by atoms with Crippen molar-refractivity contribution in [1.82, 2.24) is 0 Å². The Kier molecular flexibility index (Phi) is 4.79. The molecule has 0 saturated heterocycles. The molecule has 15 heavy (non-hydrogen) atoms. The normalized spacial score (nSPS) is 14.9. The summed E-state index contributed by atoms with van der Waals surface area (Å²) in [6.45, 7) is 4.47. The molecule has 2 heteroatoms. The summed E-state index contributed by atoms with van der Waals surface area (Å²) in [7, 11) is 0. The Morgan fingerprint density at radius 3 is 2.33 bits per heavy atom. The van der Waals surface area contributed by atoms with Crippen LogP contribution in [0.15, 0.2) is 24.3 Å². The smallest absolute Gasteiger partial charge is 0.0585 e. The van der Waals surface area contributed by atoms with Gasteiger partial charge in [0.05, 0.1) is 6.61 Å². The van der Waals surface area contributed by atoms with Gasteiger partial charge in [0.2, 0.25) is 0 Å². The molecule has 2 unspecified atom stereocenters. The van der Waals surface area contributed by atoms with E-state index in [1.54, 1.807) is 0 Å². The highest BCUT2D eigenvalue weighted by Crippen LogP contribution is 2.19. The van der Waals surface area contributed by atoms with Crippen molar-refractivity contribution in [2.45, 2.75) is 38.6 Å². The van der Waals surface area contributed by atoms with E-state index in [1.165, 1.54) is 11.1 Å². The Balaban J connectivity index is 2.64. The van der Waals surface area contributed by atoms with Crippen molar-refractivity contribution in [3.8, 4) is 0 Å². The van der Waals surface area contributed by atoms with E-state index in [0.29, 0.717) is 5.92 Å². The van der Waals surface area contributed by atoms with Gasteiger partial charge in [-0.2, -0.15) is 0 Å². The lowest BCUT2D eigenvalue weighted by Gasteiger charge is -2.11. The summed E-state index contributed by atoms with van der Waals surface area (Å²) in [5, 5.41) is 8.85. The van der Waals surface area contributed by atoms with Crippen LogP contribution in [0.5, 0.6) is 0 Å². The third kappa shape index (κ3) is 3.65. The lowest BCUT2D eigenvalue weighted by atomic mass is 9.96. The third-order valence-electron chi connectivity index (χ3n) is 2.89. The van der Waals surface area contributed by atoms with Crippen LogP contribution in [0.3, 0.4) is 0 Å². The summed E-state index contributed by atoms with van der Waals surface area (Å²) in [5.41, 5.74) is 8.25. The fourth-order valence-electron chi connectivity index (χ4n) is 1.59. The Bertz CT molecular complexity index is 281. The van der Waals surface area contributed by atoms with Crippen LogP contribution < -0.4 is 5.73 Å². The summed E-state index contributed by atoms with van der Waals surface area (Å²) < 4.78 is 0. The van der Waals surface area contributed by atoms with Crippen LogP contribution in [0, 0.1) is 0 Å². The van der Waals surface area contributed by atoms with Crippen LogP contribution in [0.1, 0.15) is 37.3 Å². The number of aliphatic hydroxyl groups excluding tert-OH is 1. The number of nitrogens with two attached hydrogens (primary N) is 1. The van der Waals surface area contributed by atoms with E-state index in [-0.39, 0.29) is 12.6 Å². The molecule has 0 aromatic heterocycles. The van der Waals surface area contributed by atoms with Gasteiger partial charge in [0.1, 0.15) is 0 Å². The molecule has 0 aliphatic heterocycles. The Morgan fingerprint density at radius 1 is 1.27 bits per heavy atom. The fourth-order valence-corrected chi connectivity index (χ4v) is 1.59. The zero-order chi connectivity index (χ0) is 11.3. The number of hydrogen-bond donors (Lipinski definition) is 2.